The first-order valence-corrected chi connectivity index (χ1v) is 2.65. The normalized spacial score (nSPS) is 30.1. The van der Waals surface area contributed by atoms with Gasteiger partial charge < -0.3 is 0 Å². The second kappa shape index (κ2) is 1.94. The van der Waals surface area contributed by atoms with E-state index >= 15 is 0 Å². The molecule has 0 saturated carbocycles. The first-order chi connectivity index (χ1) is 5.13. The first kappa shape index (κ1) is 9.34. The largest absolute Gasteiger partial charge is 0.382 e. The third-order valence-corrected chi connectivity index (χ3v) is 1.42. The molecule has 0 atom stereocenters. The van der Waals surface area contributed by atoms with Gasteiger partial charge in [0.2, 0.25) is 0 Å². The van der Waals surface area contributed by atoms with Crippen LogP contribution in [-0.2, 0) is 0 Å². The summed E-state index contributed by atoms with van der Waals surface area (Å²) in [5, 5.41) is 0. The van der Waals surface area contributed by atoms with Crippen LogP contribution in [0.5, 0.6) is 0 Å². The Morgan fingerprint density at radius 3 is 1.42 bits per heavy atom. The van der Waals surface area contributed by atoms with Crippen LogP contribution in [-0.4, -0.2) is 17.8 Å². The quantitative estimate of drug-likeness (QED) is 0.520. The molecule has 1 rings (SSSR count). The minimum absolute atomic E-state index is 1.06. The molecule has 12 heavy (non-hydrogen) atoms. The highest BCUT2D eigenvalue weighted by molar-refractivity contribution is 5.27. The van der Waals surface area contributed by atoms with Gasteiger partial charge in [0.1, 0.15) is 0 Å². The van der Waals surface area contributed by atoms with Crippen molar-refractivity contribution < 1.29 is 30.7 Å². The molecule has 0 aromatic heterocycles. The van der Waals surface area contributed by atoms with Crippen molar-refractivity contribution in [2.75, 3.05) is 0 Å². The molecule has 1 aliphatic carbocycles. The Balaban J connectivity index is 3.22. The maximum absolute atomic E-state index is 12.0. The molecular formula is C5HF7. The summed E-state index contributed by atoms with van der Waals surface area (Å²) in [7, 11) is 0. The predicted octanol–water partition coefficient (Wildman–Crippen LogP) is 2.76. The second-order valence-electron chi connectivity index (χ2n) is 2.26. The van der Waals surface area contributed by atoms with Crippen molar-refractivity contribution in [2.45, 2.75) is 17.8 Å². The average Bonchev–Trinajstić information content (AvgIpc) is 1.92. The van der Waals surface area contributed by atoms with E-state index < -0.39 is 29.7 Å². The van der Waals surface area contributed by atoms with E-state index in [9.17, 15) is 30.7 Å². The van der Waals surface area contributed by atoms with Gasteiger partial charge in [-0.05, 0) is 0 Å². The van der Waals surface area contributed by atoms with Crippen molar-refractivity contribution in [3.05, 3.63) is 11.9 Å². The number of halogens is 7. The molecule has 0 unspecified atom stereocenters. The van der Waals surface area contributed by atoms with Crippen LogP contribution in [0, 0.1) is 0 Å². The van der Waals surface area contributed by atoms with Crippen LogP contribution in [0.15, 0.2) is 11.9 Å². The molecule has 0 saturated heterocycles. The second-order valence-corrected chi connectivity index (χ2v) is 2.26. The maximum Gasteiger partial charge on any atom is 0.382 e. The van der Waals surface area contributed by atoms with E-state index in [0.29, 0.717) is 0 Å². The highest BCUT2D eigenvalue weighted by Crippen LogP contribution is 2.55. The predicted molar refractivity (Wildman–Crippen MR) is 24.0 cm³/mol. The van der Waals surface area contributed by atoms with Crippen LogP contribution in [0.1, 0.15) is 0 Å². The molecule has 0 aliphatic heterocycles. The van der Waals surface area contributed by atoms with Gasteiger partial charge in [0.05, 0.1) is 0 Å². The zero-order chi connectivity index (χ0) is 9.78. The molecule has 0 heterocycles. The molecule has 7 heteroatoms. The minimum atomic E-state index is -5.68. The minimum Gasteiger partial charge on any atom is -0.205 e. The Labute approximate surface area is 61.7 Å². The highest BCUT2D eigenvalue weighted by Gasteiger charge is 2.77. The van der Waals surface area contributed by atoms with Crippen molar-refractivity contribution in [1.82, 2.24) is 0 Å². The van der Waals surface area contributed by atoms with Gasteiger partial charge in [0.25, 0.3) is 0 Å². The van der Waals surface area contributed by atoms with Crippen molar-refractivity contribution in [2.24, 2.45) is 0 Å². The van der Waals surface area contributed by atoms with Crippen LogP contribution in [0.25, 0.3) is 0 Å². The molecule has 1 aliphatic rings. The van der Waals surface area contributed by atoms with E-state index in [1.54, 1.807) is 0 Å². The summed E-state index contributed by atoms with van der Waals surface area (Å²) in [5.74, 6) is -19.0. The third kappa shape index (κ3) is 0.789. The van der Waals surface area contributed by atoms with E-state index in [1.807, 2.05) is 0 Å². The summed E-state index contributed by atoms with van der Waals surface area (Å²) >= 11 is 0. The van der Waals surface area contributed by atoms with Crippen LogP contribution < -0.4 is 0 Å². The Morgan fingerprint density at radius 2 is 1.33 bits per heavy atom. The zero-order valence-corrected chi connectivity index (χ0v) is 5.22. The number of alkyl halides is 6. The number of rotatable bonds is 0. The third-order valence-electron chi connectivity index (χ3n) is 1.42. The van der Waals surface area contributed by atoms with Gasteiger partial charge in [0, 0.05) is 6.08 Å². The molecule has 0 amide bonds. The van der Waals surface area contributed by atoms with Gasteiger partial charge in [0.15, 0.2) is 5.83 Å². The van der Waals surface area contributed by atoms with Gasteiger partial charge in [-0.3, -0.25) is 0 Å². The van der Waals surface area contributed by atoms with Crippen LogP contribution in [0.3, 0.4) is 0 Å². The van der Waals surface area contributed by atoms with Crippen LogP contribution in [0.4, 0.5) is 30.7 Å². The Bertz CT molecular complexity index is 238. The molecule has 0 aromatic carbocycles. The van der Waals surface area contributed by atoms with Crippen molar-refractivity contribution >= 4 is 0 Å². The van der Waals surface area contributed by atoms with Crippen LogP contribution in [0.2, 0.25) is 0 Å². The van der Waals surface area contributed by atoms with Crippen molar-refractivity contribution in [3.8, 4) is 0 Å². The SMILES string of the molecule is FC1=CC(F)(F)C(F)(F)C1(F)F. The van der Waals surface area contributed by atoms with E-state index in [1.165, 1.54) is 0 Å². The van der Waals surface area contributed by atoms with Gasteiger partial charge in [-0.2, -0.15) is 26.3 Å². The lowest BCUT2D eigenvalue weighted by Crippen LogP contribution is -2.48. The Kier molecular flexibility index (Phi) is 1.51. The molecule has 0 bridgehead atoms. The van der Waals surface area contributed by atoms with Crippen molar-refractivity contribution in [1.29, 1.82) is 0 Å². The first-order valence-electron chi connectivity index (χ1n) is 2.65. The molecule has 0 nitrogen and oxygen atoms in total. The molecular weight excluding hydrogens is 193 g/mol. The Morgan fingerprint density at radius 1 is 0.917 bits per heavy atom. The van der Waals surface area contributed by atoms with E-state index in [2.05, 4.69) is 0 Å². The highest BCUT2D eigenvalue weighted by atomic mass is 19.3. The van der Waals surface area contributed by atoms with Gasteiger partial charge in [-0.25, -0.2) is 4.39 Å². The number of allylic oxidation sites excluding steroid dienone is 2. The van der Waals surface area contributed by atoms with Crippen LogP contribution >= 0.6 is 0 Å². The summed E-state index contributed by atoms with van der Waals surface area (Å²) in [6.07, 6.45) is -1.06. The topological polar surface area (TPSA) is 0 Å². The molecule has 0 spiro atoms. The van der Waals surface area contributed by atoms with E-state index in [4.69, 9.17) is 0 Å². The average molecular weight is 194 g/mol. The lowest BCUT2D eigenvalue weighted by atomic mass is 10.2. The monoisotopic (exact) mass is 194 g/mol. The maximum atomic E-state index is 12.0. The van der Waals surface area contributed by atoms with Gasteiger partial charge >= 0.3 is 17.8 Å². The Hall–Kier alpha value is -0.750. The fourth-order valence-electron chi connectivity index (χ4n) is 0.700. The lowest BCUT2D eigenvalue weighted by Gasteiger charge is -2.22. The summed E-state index contributed by atoms with van der Waals surface area (Å²) < 4.78 is 83.5. The summed E-state index contributed by atoms with van der Waals surface area (Å²) in [5.41, 5.74) is 0. The lowest BCUT2D eigenvalue weighted by molar-refractivity contribution is -0.265. The fourth-order valence-corrected chi connectivity index (χ4v) is 0.700. The van der Waals surface area contributed by atoms with E-state index in [-0.39, 0.29) is 0 Å². The summed E-state index contributed by atoms with van der Waals surface area (Å²) in [6.45, 7) is 0. The number of hydrogen-bond acceptors (Lipinski definition) is 0. The molecule has 0 aromatic rings. The molecule has 0 radical (unpaired) electrons. The fraction of sp³-hybridized carbons (Fsp3) is 0.600. The smallest absolute Gasteiger partial charge is 0.205 e. The number of hydrogen-bond donors (Lipinski definition) is 0. The molecule has 0 fully saturated rings. The summed E-state index contributed by atoms with van der Waals surface area (Å²) in [6, 6.07) is 0. The van der Waals surface area contributed by atoms with Crippen molar-refractivity contribution in [3.63, 3.8) is 0 Å². The van der Waals surface area contributed by atoms with Gasteiger partial charge in [-0.1, -0.05) is 0 Å². The summed E-state index contributed by atoms with van der Waals surface area (Å²) in [4.78, 5) is 0. The van der Waals surface area contributed by atoms with E-state index in [0.717, 1.165) is 0 Å². The molecule has 0 N–H and O–H groups in total. The van der Waals surface area contributed by atoms with Gasteiger partial charge in [-0.15, -0.1) is 0 Å². The zero-order valence-electron chi connectivity index (χ0n) is 5.22. The molecule has 70 valence electrons. The standard InChI is InChI=1S/C5HF7/c6-2-1-3(7,8)5(11,12)4(2,9)10/h1H.